The van der Waals surface area contributed by atoms with Crippen LogP contribution >= 0.6 is 11.6 Å². The Morgan fingerprint density at radius 2 is 2.14 bits per heavy atom. The molecule has 0 N–H and O–H groups in total. The minimum absolute atomic E-state index is 0.0138. The van der Waals surface area contributed by atoms with Crippen molar-refractivity contribution in [1.82, 2.24) is 30.0 Å². The minimum atomic E-state index is -0.507. The van der Waals surface area contributed by atoms with Gasteiger partial charge >= 0.3 is 0 Å². The van der Waals surface area contributed by atoms with Crippen molar-refractivity contribution in [2.24, 2.45) is 0 Å². The number of carbonyl (C=O) groups excluding carboxylic acids is 1. The van der Waals surface area contributed by atoms with Gasteiger partial charge in [-0.05, 0) is 52.2 Å². The normalized spacial score (nSPS) is 20.3. The van der Waals surface area contributed by atoms with Crippen LogP contribution in [0.2, 0.25) is 5.02 Å². The van der Waals surface area contributed by atoms with Crippen molar-refractivity contribution in [3.05, 3.63) is 75.6 Å². The van der Waals surface area contributed by atoms with Crippen LogP contribution in [0, 0.1) is 19.3 Å². The van der Waals surface area contributed by atoms with E-state index in [0.717, 1.165) is 23.4 Å². The summed E-state index contributed by atoms with van der Waals surface area (Å²) in [4.78, 5) is 20.6. The molecule has 9 nitrogen and oxygen atoms in total. The third-order valence-corrected chi connectivity index (χ3v) is 7.07. The second-order valence-corrected chi connectivity index (χ2v) is 9.15. The monoisotopic (exact) mass is 495 g/mol. The highest BCUT2D eigenvalue weighted by Crippen LogP contribution is 2.34. The molecule has 2 fully saturated rings. The summed E-state index contributed by atoms with van der Waals surface area (Å²) in [5.41, 5.74) is 2.99. The van der Waals surface area contributed by atoms with Crippen molar-refractivity contribution in [3.63, 3.8) is 0 Å². The van der Waals surface area contributed by atoms with Crippen molar-refractivity contribution in [2.45, 2.75) is 25.5 Å². The Balaban J connectivity index is 1.21. The zero-order valence-electron chi connectivity index (χ0n) is 19.1. The Hall–Kier alpha value is -3.39. The van der Waals surface area contributed by atoms with Crippen LogP contribution in [0.3, 0.4) is 0 Å². The summed E-state index contributed by atoms with van der Waals surface area (Å²) < 4.78 is 21.6. The number of aromatic nitrogens is 4. The molecular formula is C24H23ClFN7O2. The van der Waals surface area contributed by atoms with Crippen molar-refractivity contribution >= 4 is 23.2 Å². The lowest BCUT2D eigenvalue weighted by molar-refractivity contribution is -0.139. The Labute approximate surface area is 206 Å². The predicted octanol–water partition coefficient (Wildman–Crippen LogP) is 3.14. The van der Waals surface area contributed by atoms with Gasteiger partial charge in [0.2, 0.25) is 11.6 Å². The van der Waals surface area contributed by atoms with Crippen LogP contribution in [-0.2, 0) is 16.0 Å². The topological polar surface area (TPSA) is 80.7 Å². The highest BCUT2D eigenvalue weighted by atomic mass is 35.5. The Kier molecular flexibility index (Phi) is 6.47. The maximum atomic E-state index is 13.9. The molecule has 2 aliphatic rings. The Bertz CT molecular complexity index is 1290. The minimum Gasteiger partial charge on any atom is -0.371 e. The molecule has 2 saturated heterocycles. The number of carbonyl (C=O) groups is 1. The molecule has 35 heavy (non-hydrogen) atoms. The van der Waals surface area contributed by atoms with Crippen LogP contribution in [0.15, 0.2) is 36.7 Å². The average Bonchev–Trinajstić information content (AvgIpc) is 3.40. The lowest BCUT2D eigenvalue weighted by Gasteiger charge is -2.46. The zero-order valence-corrected chi connectivity index (χ0v) is 19.8. The first-order valence-electron chi connectivity index (χ1n) is 11.3. The van der Waals surface area contributed by atoms with Gasteiger partial charge in [0, 0.05) is 31.2 Å². The zero-order chi connectivity index (χ0) is 24.5. The molecule has 0 radical (unpaired) electrons. The third-order valence-electron chi connectivity index (χ3n) is 6.72. The first-order valence-corrected chi connectivity index (χ1v) is 11.6. The molecule has 0 aliphatic carbocycles. The van der Waals surface area contributed by atoms with Crippen LogP contribution < -0.4 is 0 Å². The van der Waals surface area contributed by atoms with Gasteiger partial charge in [-0.2, -0.15) is 0 Å². The van der Waals surface area contributed by atoms with Gasteiger partial charge in [0.05, 0.1) is 37.4 Å². The van der Waals surface area contributed by atoms with E-state index in [9.17, 15) is 9.18 Å². The van der Waals surface area contributed by atoms with Gasteiger partial charge in [0.1, 0.15) is 12.1 Å². The fraction of sp³-hybridized carbons (Fsp3) is 0.375. The molecule has 2 aromatic carbocycles. The summed E-state index contributed by atoms with van der Waals surface area (Å²) in [6.45, 7) is 12.0. The second kappa shape index (κ2) is 9.70. The molecule has 3 aromatic rings. The van der Waals surface area contributed by atoms with E-state index in [0.29, 0.717) is 36.8 Å². The Morgan fingerprint density at radius 3 is 2.89 bits per heavy atom. The van der Waals surface area contributed by atoms with Crippen LogP contribution in [0.1, 0.15) is 22.8 Å². The van der Waals surface area contributed by atoms with Gasteiger partial charge in [-0.1, -0.05) is 23.7 Å². The van der Waals surface area contributed by atoms with Crippen LogP contribution in [-0.4, -0.2) is 74.7 Å². The number of halogens is 2. The lowest BCUT2D eigenvalue weighted by atomic mass is 9.98. The van der Waals surface area contributed by atoms with E-state index in [-0.39, 0.29) is 30.2 Å². The number of amides is 1. The number of rotatable bonds is 4. The molecule has 2 atom stereocenters. The number of ether oxygens (including phenoxy) is 1. The predicted molar refractivity (Wildman–Crippen MR) is 126 cm³/mol. The van der Waals surface area contributed by atoms with E-state index in [1.165, 1.54) is 17.1 Å². The SMILES string of the molecule is [C-]#[N+]c1c(F)ccc([C@@H]2CN3CCN(C(=O)Cc4ccc(-n5cnnn5)cc4Cl)C[C@H]3CO2)c1C. The maximum Gasteiger partial charge on any atom is 0.227 e. The number of nitrogens with zero attached hydrogens (tertiary/aromatic N) is 7. The molecule has 0 saturated carbocycles. The fourth-order valence-electron chi connectivity index (χ4n) is 4.74. The van der Waals surface area contributed by atoms with Gasteiger partial charge in [0.25, 0.3) is 0 Å². The van der Waals surface area contributed by atoms with Crippen LogP contribution in [0.4, 0.5) is 10.1 Å². The van der Waals surface area contributed by atoms with E-state index in [2.05, 4.69) is 25.3 Å². The summed E-state index contributed by atoms with van der Waals surface area (Å²) >= 11 is 6.44. The number of benzene rings is 2. The largest absolute Gasteiger partial charge is 0.371 e. The number of fused-ring (bicyclic) bond motifs is 1. The molecule has 11 heteroatoms. The summed E-state index contributed by atoms with van der Waals surface area (Å²) in [5.74, 6) is -0.493. The summed E-state index contributed by atoms with van der Waals surface area (Å²) in [6.07, 6.45) is 1.46. The van der Waals surface area contributed by atoms with Crippen LogP contribution in [0.25, 0.3) is 10.5 Å². The van der Waals surface area contributed by atoms with Crippen molar-refractivity contribution in [1.29, 1.82) is 0 Å². The molecule has 0 bridgehead atoms. The highest BCUT2D eigenvalue weighted by Gasteiger charge is 2.36. The van der Waals surface area contributed by atoms with Crippen LogP contribution in [0.5, 0.6) is 0 Å². The van der Waals surface area contributed by atoms with E-state index >= 15 is 0 Å². The number of morpholine rings is 1. The maximum absolute atomic E-state index is 13.9. The molecule has 5 rings (SSSR count). The van der Waals surface area contributed by atoms with Gasteiger partial charge in [-0.15, -0.1) is 5.10 Å². The average molecular weight is 496 g/mol. The van der Waals surface area contributed by atoms with E-state index in [1.54, 1.807) is 19.1 Å². The van der Waals surface area contributed by atoms with Crippen molar-refractivity contribution in [2.75, 3.05) is 32.8 Å². The summed E-state index contributed by atoms with van der Waals surface area (Å²) in [6, 6.07) is 8.52. The van der Waals surface area contributed by atoms with Crippen molar-refractivity contribution < 1.29 is 13.9 Å². The molecule has 2 aliphatic heterocycles. The molecular weight excluding hydrogens is 473 g/mol. The van der Waals surface area contributed by atoms with Crippen molar-refractivity contribution in [3.8, 4) is 5.69 Å². The highest BCUT2D eigenvalue weighted by molar-refractivity contribution is 6.31. The van der Waals surface area contributed by atoms with E-state index in [1.807, 2.05) is 17.0 Å². The molecule has 3 heterocycles. The van der Waals surface area contributed by atoms with E-state index in [4.69, 9.17) is 22.9 Å². The number of piperazine rings is 1. The Morgan fingerprint density at radius 1 is 1.29 bits per heavy atom. The quantitative estimate of drug-likeness (QED) is 0.517. The van der Waals surface area contributed by atoms with Gasteiger partial charge in [0.15, 0.2) is 0 Å². The lowest BCUT2D eigenvalue weighted by Crippen LogP contribution is -2.59. The summed E-state index contributed by atoms with van der Waals surface area (Å²) in [5, 5.41) is 11.6. The number of hydrogen-bond acceptors (Lipinski definition) is 6. The number of hydrogen-bond donors (Lipinski definition) is 0. The first kappa shape index (κ1) is 23.4. The third kappa shape index (κ3) is 4.62. The first-order chi connectivity index (χ1) is 16.9. The smallest absolute Gasteiger partial charge is 0.227 e. The van der Waals surface area contributed by atoms with Gasteiger partial charge < -0.3 is 9.64 Å². The van der Waals surface area contributed by atoms with E-state index < -0.39 is 5.82 Å². The molecule has 1 amide bonds. The molecule has 0 spiro atoms. The molecule has 1 aromatic heterocycles. The van der Waals surface area contributed by atoms with Gasteiger partial charge in [-0.3, -0.25) is 9.69 Å². The summed E-state index contributed by atoms with van der Waals surface area (Å²) in [7, 11) is 0. The fourth-order valence-corrected chi connectivity index (χ4v) is 4.99. The second-order valence-electron chi connectivity index (χ2n) is 8.74. The number of tetrazole rings is 1. The molecule has 0 unspecified atom stereocenters. The van der Waals surface area contributed by atoms with Gasteiger partial charge in [-0.25, -0.2) is 13.9 Å². The molecule has 180 valence electrons. The standard InChI is InChI=1S/C24H23ClFN7O2/c1-15-19(5-6-21(26)24(15)27-2)22-12-31-7-8-32(11-18(31)13-35-22)23(34)9-16-3-4-17(10-20(16)25)33-14-28-29-30-33/h3-6,10,14,18,22H,7-9,11-13H2,1H3/t18-,22-/m0/s1.